The van der Waals surface area contributed by atoms with Crippen LogP contribution in [0.5, 0.6) is 5.75 Å². The molecule has 0 radical (unpaired) electrons. The van der Waals surface area contributed by atoms with E-state index >= 15 is 0 Å². The molecule has 0 aliphatic heterocycles. The van der Waals surface area contributed by atoms with Gasteiger partial charge in [-0.2, -0.15) is 5.26 Å². The topological polar surface area (TPSA) is 132 Å². The van der Waals surface area contributed by atoms with Crippen molar-refractivity contribution in [2.45, 2.75) is 11.3 Å². The molecule has 0 unspecified atom stereocenters. The molecular weight excluding hydrogens is 277 g/mol. The molecule has 1 heterocycles. The van der Waals surface area contributed by atoms with Gasteiger partial charge in [0.15, 0.2) is 11.6 Å². The highest BCUT2D eigenvalue weighted by atomic mass is 32.2. The number of ether oxygens (including phenoxy) is 1. The third kappa shape index (κ3) is 3.22. The number of pyridine rings is 1. The molecule has 0 fully saturated rings. The number of hydrogen-bond acceptors (Lipinski definition) is 6. The molecule has 98 valence electrons. The maximum Gasteiger partial charge on any atom is 0.573 e. The fourth-order valence-corrected chi connectivity index (χ4v) is 1.70. The second-order valence-corrected chi connectivity index (χ2v) is 4.45. The second kappa shape index (κ2) is 4.31. The Morgan fingerprint density at radius 2 is 2.00 bits per heavy atom. The van der Waals surface area contributed by atoms with Crippen LogP contribution < -0.4 is 15.6 Å². The molecule has 0 aliphatic carbocycles. The molecule has 18 heavy (non-hydrogen) atoms. The highest BCUT2D eigenvalue weighted by Crippen LogP contribution is 2.33. The van der Waals surface area contributed by atoms with Gasteiger partial charge in [0, 0.05) is 0 Å². The first-order chi connectivity index (χ1) is 8.04. The van der Waals surface area contributed by atoms with Crippen molar-refractivity contribution in [1.82, 2.24) is 4.98 Å². The maximum absolute atomic E-state index is 12.1. The van der Waals surface area contributed by atoms with Gasteiger partial charge in [-0.05, 0) is 6.07 Å². The molecule has 0 aromatic carbocycles. The molecule has 0 atom stereocenters. The minimum atomic E-state index is -5.18. The number of hydrogen-bond donors (Lipinski definition) is 2. The first kappa shape index (κ1) is 14.0. The number of aromatic nitrogens is 1. The van der Waals surface area contributed by atoms with E-state index in [1.165, 1.54) is 6.07 Å². The van der Waals surface area contributed by atoms with Crippen molar-refractivity contribution >= 4 is 15.8 Å². The average molecular weight is 282 g/mol. The first-order valence-electron chi connectivity index (χ1n) is 4.04. The molecule has 4 N–H and O–H groups in total. The Morgan fingerprint density at radius 1 is 1.44 bits per heavy atom. The number of alkyl halides is 3. The minimum absolute atomic E-state index is 0.508. The van der Waals surface area contributed by atoms with Crippen molar-refractivity contribution in [3.8, 4) is 11.8 Å². The summed E-state index contributed by atoms with van der Waals surface area (Å²) in [6.45, 7) is 0. The number of nitrogens with two attached hydrogens (primary N) is 2. The van der Waals surface area contributed by atoms with Gasteiger partial charge in [0.05, 0.1) is 0 Å². The van der Waals surface area contributed by atoms with E-state index in [9.17, 15) is 21.6 Å². The van der Waals surface area contributed by atoms with Crippen LogP contribution in [0, 0.1) is 11.3 Å². The standard InChI is InChI=1S/C7H5F3N4O3S/c8-7(9,10)17-5-4(18(13,15)16)1-3(2-11)14-6(5)12/h1H,(H2,12,14)(H2,13,15,16). The Labute approximate surface area is 98.8 Å². The van der Waals surface area contributed by atoms with Gasteiger partial charge >= 0.3 is 6.36 Å². The molecule has 0 saturated heterocycles. The summed E-state index contributed by atoms with van der Waals surface area (Å²) in [6.07, 6.45) is -5.18. The van der Waals surface area contributed by atoms with E-state index in [1.54, 1.807) is 0 Å². The summed E-state index contributed by atoms with van der Waals surface area (Å²) in [5.74, 6) is -2.17. The molecule has 11 heteroatoms. The quantitative estimate of drug-likeness (QED) is 0.789. The molecule has 0 amide bonds. The van der Waals surface area contributed by atoms with Crippen molar-refractivity contribution in [2.24, 2.45) is 5.14 Å². The maximum atomic E-state index is 12.1. The molecule has 1 aromatic rings. The van der Waals surface area contributed by atoms with Crippen LogP contribution in [0.25, 0.3) is 0 Å². The number of rotatable bonds is 2. The number of sulfonamides is 1. The SMILES string of the molecule is N#Cc1cc(S(N)(=O)=O)c(OC(F)(F)F)c(N)n1. The Kier molecular flexibility index (Phi) is 3.36. The smallest absolute Gasteiger partial charge is 0.400 e. The van der Waals surface area contributed by atoms with Crippen LogP contribution in [0.15, 0.2) is 11.0 Å². The van der Waals surface area contributed by atoms with Crippen molar-refractivity contribution in [3.63, 3.8) is 0 Å². The summed E-state index contributed by atoms with van der Waals surface area (Å²) in [5.41, 5.74) is 4.59. The van der Waals surface area contributed by atoms with E-state index < -0.39 is 38.5 Å². The van der Waals surface area contributed by atoms with Gasteiger partial charge in [-0.25, -0.2) is 18.5 Å². The van der Waals surface area contributed by atoms with Crippen LogP contribution in [-0.4, -0.2) is 19.8 Å². The lowest BCUT2D eigenvalue weighted by Gasteiger charge is -2.13. The Morgan fingerprint density at radius 3 is 2.39 bits per heavy atom. The molecule has 0 aliphatic rings. The molecule has 0 saturated carbocycles. The first-order valence-corrected chi connectivity index (χ1v) is 5.58. The van der Waals surface area contributed by atoms with E-state index in [0.717, 1.165) is 0 Å². The third-order valence-corrected chi connectivity index (χ3v) is 2.52. The van der Waals surface area contributed by atoms with Gasteiger partial charge in [0.1, 0.15) is 16.7 Å². The zero-order chi connectivity index (χ0) is 14.1. The van der Waals surface area contributed by atoms with Crippen LogP contribution >= 0.6 is 0 Å². The average Bonchev–Trinajstić information content (AvgIpc) is 2.17. The van der Waals surface area contributed by atoms with Gasteiger partial charge in [-0.15, -0.1) is 13.2 Å². The highest BCUT2D eigenvalue weighted by Gasteiger charge is 2.35. The molecule has 7 nitrogen and oxygen atoms in total. The number of nitrogen functional groups attached to an aromatic ring is 1. The van der Waals surface area contributed by atoms with E-state index in [-0.39, 0.29) is 0 Å². The minimum Gasteiger partial charge on any atom is -0.400 e. The monoisotopic (exact) mass is 282 g/mol. The largest absolute Gasteiger partial charge is 0.573 e. The summed E-state index contributed by atoms with van der Waals surface area (Å²) < 4.78 is 61.8. The van der Waals surface area contributed by atoms with Crippen LogP contribution in [0.4, 0.5) is 19.0 Å². The number of nitriles is 1. The Bertz CT molecular complexity index is 620. The fourth-order valence-electron chi connectivity index (χ4n) is 1.02. The summed E-state index contributed by atoms with van der Waals surface area (Å²) >= 11 is 0. The summed E-state index contributed by atoms with van der Waals surface area (Å²) in [6, 6.07) is 1.96. The lowest BCUT2D eigenvalue weighted by Crippen LogP contribution is -2.22. The van der Waals surface area contributed by atoms with Crippen molar-refractivity contribution in [2.75, 3.05) is 5.73 Å². The summed E-state index contributed by atoms with van der Waals surface area (Å²) in [5, 5.41) is 13.2. The lowest BCUT2D eigenvalue weighted by molar-refractivity contribution is -0.275. The van der Waals surface area contributed by atoms with E-state index in [1.807, 2.05) is 0 Å². The van der Waals surface area contributed by atoms with Gasteiger partial charge in [0.25, 0.3) is 0 Å². The second-order valence-electron chi connectivity index (χ2n) is 2.92. The molecule has 0 spiro atoms. The normalized spacial score (nSPS) is 11.9. The predicted molar refractivity (Wildman–Crippen MR) is 51.4 cm³/mol. The zero-order valence-electron chi connectivity index (χ0n) is 8.39. The number of primary sulfonamides is 1. The number of halogens is 3. The number of anilines is 1. The van der Waals surface area contributed by atoms with Gasteiger partial charge in [-0.1, -0.05) is 0 Å². The third-order valence-electron chi connectivity index (χ3n) is 1.60. The van der Waals surface area contributed by atoms with E-state index in [2.05, 4.69) is 9.72 Å². The molecular formula is C7H5F3N4O3S. The van der Waals surface area contributed by atoms with E-state index in [4.69, 9.17) is 16.1 Å². The zero-order valence-corrected chi connectivity index (χ0v) is 9.21. The summed E-state index contributed by atoms with van der Waals surface area (Å²) in [4.78, 5) is 2.16. The number of nitrogens with zero attached hydrogens (tertiary/aromatic N) is 2. The van der Waals surface area contributed by atoms with Crippen LogP contribution in [0.1, 0.15) is 5.69 Å². The Hall–Kier alpha value is -2.06. The van der Waals surface area contributed by atoms with Crippen LogP contribution in [0.3, 0.4) is 0 Å². The van der Waals surface area contributed by atoms with Crippen molar-refractivity contribution < 1.29 is 26.3 Å². The molecule has 1 rings (SSSR count). The van der Waals surface area contributed by atoms with E-state index in [0.29, 0.717) is 6.07 Å². The van der Waals surface area contributed by atoms with Crippen LogP contribution in [0.2, 0.25) is 0 Å². The lowest BCUT2D eigenvalue weighted by atomic mass is 10.3. The highest BCUT2D eigenvalue weighted by molar-refractivity contribution is 7.89. The van der Waals surface area contributed by atoms with Gasteiger partial charge < -0.3 is 10.5 Å². The van der Waals surface area contributed by atoms with Gasteiger partial charge in [0.2, 0.25) is 10.0 Å². The fraction of sp³-hybridized carbons (Fsp3) is 0.143. The molecule has 0 bridgehead atoms. The van der Waals surface area contributed by atoms with Gasteiger partial charge in [-0.3, -0.25) is 0 Å². The van der Waals surface area contributed by atoms with Crippen molar-refractivity contribution in [1.29, 1.82) is 5.26 Å². The Balaban J connectivity index is 3.55. The summed E-state index contributed by atoms with van der Waals surface area (Å²) in [7, 11) is -4.56. The molecule has 1 aromatic heterocycles. The van der Waals surface area contributed by atoms with Crippen LogP contribution in [-0.2, 0) is 10.0 Å². The van der Waals surface area contributed by atoms with Crippen molar-refractivity contribution in [3.05, 3.63) is 11.8 Å². The predicted octanol–water partition coefficient (Wildman–Crippen LogP) is 0.0815.